The third-order valence-electron chi connectivity index (χ3n) is 1.89. The molecule has 0 atom stereocenters. The summed E-state index contributed by atoms with van der Waals surface area (Å²) in [7, 11) is 0. The second-order valence-corrected chi connectivity index (χ2v) is 3.91. The highest BCUT2D eigenvalue weighted by Crippen LogP contribution is 2.04. The van der Waals surface area contributed by atoms with Gasteiger partial charge in [-0.1, -0.05) is 18.2 Å². The number of nitrogens with two attached hydrogens (primary N) is 1. The van der Waals surface area contributed by atoms with E-state index in [9.17, 15) is 4.79 Å². The highest BCUT2D eigenvalue weighted by molar-refractivity contribution is 14.0. The molecule has 18 heavy (non-hydrogen) atoms. The number of nitrogens with zero attached hydrogens (tertiary/aromatic N) is 1. The van der Waals surface area contributed by atoms with E-state index in [1.54, 1.807) is 0 Å². The van der Waals surface area contributed by atoms with Gasteiger partial charge in [0, 0.05) is 11.7 Å². The maximum absolute atomic E-state index is 11.5. The lowest BCUT2D eigenvalue weighted by molar-refractivity contribution is -0.114. The quantitative estimate of drug-likeness (QED) is 0.432. The Bertz CT molecular complexity index is 392. The predicted octanol–water partition coefficient (Wildman–Crippen LogP) is 1.56. The summed E-state index contributed by atoms with van der Waals surface area (Å²) < 4.78 is 0. The van der Waals surface area contributed by atoms with E-state index in [4.69, 9.17) is 5.73 Å². The molecule has 0 unspecified atom stereocenters. The van der Waals surface area contributed by atoms with Crippen molar-refractivity contribution in [2.45, 2.75) is 19.9 Å². The van der Waals surface area contributed by atoms with Crippen molar-refractivity contribution < 1.29 is 4.79 Å². The van der Waals surface area contributed by atoms with Crippen molar-refractivity contribution in [3.05, 3.63) is 30.3 Å². The van der Waals surface area contributed by atoms with Gasteiger partial charge in [-0.3, -0.25) is 4.79 Å². The van der Waals surface area contributed by atoms with Crippen LogP contribution in [0.2, 0.25) is 0 Å². The van der Waals surface area contributed by atoms with E-state index in [1.807, 2.05) is 44.2 Å². The van der Waals surface area contributed by atoms with Crippen molar-refractivity contribution in [1.29, 1.82) is 0 Å². The first-order valence-corrected chi connectivity index (χ1v) is 5.49. The predicted molar refractivity (Wildman–Crippen MR) is 85.2 cm³/mol. The van der Waals surface area contributed by atoms with Crippen molar-refractivity contribution in [3.8, 4) is 0 Å². The largest absolute Gasteiger partial charge is 0.370 e. The van der Waals surface area contributed by atoms with E-state index in [0.717, 1.165) is 5.69 Å². The van der Waals surface area contributed by atoms with Crippen LogP contribution in [0.1, 0.15) is 13.8 Å². The first kappa shape index (κ1) is 16.7. The number of hydrogen-bond acceptors (Lipinski definition) is 2. The molecular weight excluding hydrogens is 343 g/mol. The Labute approximate surface area is 124 Å². The summed E-state index contributed by atoms with van der Waals surface area (Å²) in [6, 6.07) is 9.43. The van der Waals surface area contributed by atoms with Crippen LogP contribution in [0.3, 0.4) is 0 Å². The van der Waals surface area contributed by atoms with Gasteiger partial charge < -0.3 is 16.4 Å². The Hall–Kier alpha value is -1.31. The van der Waals surface area contributed by atoms with Crippen LogP contribution in [0, 0.1) is 0 Å². The molecule has 6 heteroatoms. The van der Waals surface area contributed by atoms with Crippen LogP contribution in [-0.2, 0) is 4.79 Å². The zero-order valence-electron chi connectivity index (χ0n) is 10.5. The molecule has 0 heterocycles. The molecule has 0 saturated heterocycles. The minimum Gasteiger partial charge on any atom is -0.370 e. The lowest BCUT2D eigenvalue weighted by Gasteiger charge is -2.08. The van der Waals surface area contributed by atoms with Gasteiger partial charge in [0.05, 0.1) is 0 Å². The Morgan fingerprint density at radius 1 is 1.33 bits per heavy atom. The number of nitrogens with one attached hydrogen (secondary N) is 2. The number of benzene rings is 1. The van der Waals surface area contributed by atoms with Gasteiger partial charge in [-0.2, -0.15) is 0 Å². The SMILES string of the molecule is CC(C)NC(N)=NCC(=O)Nc1ccccc1.I. The summed E-state index contributed by atoms with van der Waals surface area (Å²) in [6.45, 7) is 3.92. The third kappa shape index (κ3) is 7.10. The first-order chi connectivity index (χ1) is 8.08. The minimum absolute atomic E-state index is 0. The highest BCUT2D eigenvalue weighted by atomic mass is 127. The molecule has 0 aromatic heterocycles. The third-order valence-corrected chi connectivity index (χ3v) is 1.89. The number of halogens is 1. The van der Waals surface area contributed by atoms with Crippen molar-refractivity contribution in [3.63, 3.8) is 0 Å². The number of hydrogen-bond donors (Lipinski definition) is 3. The molecule has 1 rings (SSSR count). The number of anilines is 1. The fourth-order valence-corrected chi connectivity index (χ4v) is 1.22. The fraction of sp³-hybridized carbons (Fsp3) is 0.333. The Morgan fingerprint density at radius 3 is 2.50 bits per heavy atom. The molecule has 0 aliphatic carbocycles. The Balaban J connectivity index is 0.00000289. The van der Waals surface area contributed by atoms with Crippen LogP contribution in [0.25, 0.3) is 0 Å². The molecular formula is C12H19IN4O. The van der Waals surface area contributed by atoms with Gasteiger partial charge in [0.15, 0.2) is 5.96 Å². The average molecular weight is 362 g/mol. The maximum Gasteiger partial charge on any atom is 0.246 e. The van der Waals surface area contributed by atoms with E-state index in [2.05, 4.69) is 15.6 Å². The summed E-state index contributed by atoms with van der Waals surface area (Å²) in [5, 5.41) is 5.63. The number of amides is 1. The number of para-hydroxylation sites is 1. The minimum atomic E-state index is -0.190. The number of guanidine groups is 1. The molecule has 0 radical (unpaired) electrons. The molecule has 1 amide bonds. The number of carbonyl (C=O) groups excluding carboxylic acids is 1. The second kappa shape index (κ2) is 8.73. The molecule has 0 saturated carbocycles. The lowest BCUT2D eigenvalue weighted by atomic mass is 10.3. The number of aliphatic imine (C=N–C) groups is 1. The standard InChI is InChI=1S/C12H18N4O.HI/c1-9(2)15-12(13)14-8-11(17)16-10-6-4-3-5-7-10;/h3-7,9H,8H2,1-2H3,(H,16,17)(H3,13,14,15);1H. The van der Waals surface area contributed by atoms with E-state index < -0.39 is 0 Å². The van der Waals surface area contributed by atoms with Crippen LogP contribution in [0.5, 0.6) is 0 Å². The van der Waals surface area contributed by atoms with Crippen LogP contribution < -0.4 is 16.4 Å². The van der Waals surface area contributed by atoms with Crippen molar-refractivity contribution in [2.75, 3.05) is 11.9 Å². The monoisotopic (exact) mass is 362 g/mol. The normalized spacial score (nSPS) is 10.7. The zero-order valence-corrected chi connectivity index (χ0v) is 12.8. The van der Waals surface area contributed by atoms with Gasteiger partial charge in [-0.05, 0) is 26.0 Å². The molecule has 0 aliphatic rings. The molecule has 5 nitrogen and oxygen atoms in total. The molecule has 1 aromatic rings. The van der Waals surface area contributed by atoms with Crippen molar-refractivity contribution in [2.24, 2.45) is 10.7 Å². The summed E-state index contributed by atoms with van der Waals surface area (Å²) in [5.74, 6) is 0.0907. The smallest absolute Gasteiger partial charge is 0.246 e. The number of rotatable bonds is 4. The van der Waals surface area contributed by atoms with Crippen LogP contribution in [-0.4, -0.2) is 24.5 Å². The zero-order chi connectivity index (χ0) is 12.7. The van der Waals surface area contributed by atoms with Crippen LogP contribution >= 0.6 is 24.0 Å². The summed E-state index contributed by atoms with van der Waals surface area (Å²) in [4.78, 5) is 15.4. The molecule has 4 N–H and O–H groups in total. The van der Waals surface area contributed by atoms with Crippen LogP contribution in [0.15, 0.2) is 35.3 Å². The topological polar surface area (TPSA) is 79.5 Å². The van der Waals surface area contributed by atoms with E-state index in [0.29, 0.717) is 0 Å². The van der Waals surface area contributed by atoms with Gasteiger partial charge in [-0.15, -0.1) is 24.0 Å². The lowest BCUT2D eigenvalue weighted by Crippen LogP contribution is -2.37. The summed E-state index contributed by atoms with van der Waals surface area (Å²) >= 11 is 0. The van der Waals surface area contributed by atoms with Crippen molar-refractivity contribution in [1.82, 2.24) is 5.32 Å². The van der Waals surface area contributed by atoms with Crippen LogP contribution in [0.4, 0.5) is 5.69 Å². The van der Waals surface area contributed by atoms with Gasteiger partial charge in [0.2, 0.25) is 5.91 Å². The maximum atomic E-state index is 11.5. The molecule has 100 valence electrons. The molecule has 1 aromatic carbocycles. The average Bonchev–Trinajstić information content (AvgIpc) is 2.27. The van der Waals surface area contributed by atoms with Gasteiger partial charge in [0.25, 0.3) is 0 Å². The van der Waals surface area contributed by atoms with Gasteiger partial charge in [-0.25, -0.2) is 4.99 Å². The first-order valence-electron chi connectivity index (χ1n) is 5.49. The fourth-order valence-electron chi connectivity index (χ4n) is 1.22. The molecule has 0 spiro atoms. The number of carbonyl (C=O) groups is 1. The Kier molecular flexibility index (Phi) is 8.10. The van der Waals surface area contributed by atoms with E-state index >= 15 is 0 Å². The van der Waals surface area contributed by atoms with E-state index in [-0.39, 0.29) is 48.4 Å². The van der Waals surface area contributed by atoms with Gasteiger partial charge in [0.1, 0.15) is 6.54 Å². The highest BCUT2D eigenvalue weighted by Gasteiger charge is 2.01. The summed E-state index contributed by atoms with van der Waals surface area (Å²) in [6.07, 6.45) is 0. The van der Waals surface area contributed by atoms with E-state index in [1.165, 1.54) is 0 Å². The molecule has 0 fully saturated rings. The van der Waals surface area contributed by atoms with Crippen molar-refractivity contribution >= 4 is 41.5 Å². The summed E-state index contributed by atoms with van der Waals surface area (Å²) in [5.41, 5.74) is 6.33. The Morgan fingerprint density at radius 2 is 1.94 bits per heavy atom. The molecule has 0 aliphatic heterocycles. The van der Waals surface area contributed by atoms with Gasteiger partial charge >= 0.3 is 0 Å². The second-order valence-electron chi connectivity index (χ2n) is 3.91. The molecule has 0 bridgehead atoms.